The van der Waals surface area contributed by atoms with Crippen molar-refractivity contribution in [2.45, 2.75) is 26.3 Å². The number of nitrogens with zero attached hydrogens (tertiary/aromatic N) is 3. The van der Waals surface area contributed by atoms with Crippen LogP contribution in [0.5, 0.6) is 0 Å². The zero-order chi connectivity index (χ0) is 19.1. The number of nitrogens with one attached hydrogen (secondary N) is 1. The molecule has 28 heavy (non-hydrogen) atoms. The van der Waals surface area contributed by atoms with Gasteiger partial charge < -0.3 is 4.57 Å². The Kier molecular flexibility index (Phi) is 4.13. The molecule has 5 rings (SSSR count). The number of aromatic nitrogens is 4. The molecule has 0 spiro atoms. The molecule has 0 amide bonds. The summed E-state index contributed by atoms with van der Waals surface area (Å²) in [6.07, 6.45) is 9.42. The molecule has 1 aliphatic heterocycles. The van der Waals surface area contributed by atoms with Crippen molar-refractivity contribution in [1.82, 2.24) is 14.5 Å². The zero-order valence-electron chi connectivity index (χ0n) is 15.5. The Bertz CT molecular complexity index is 1230. The number of H-pyrrole nitrogens is 1. The van der Waals surface area contributed by atoms with E-state index < -0.39 is 0 Å². The lowest BCUT2D eigenvalue weighted by Crippen LogP contribution is -2.24. The Hall–Kier alpha value is -3.12. The van der Waals surface area contributed by atoms with Crippen LogP contribution in [0, 0.1) is 6.92 Å². The summed E-state index contributed by atoms with van der Waals surface area (Å²) in [6.45, 7) is 2.65. The second kappa shape index (κ2) is 6.80. The second-order valence-corrected chi connectivity index (χ2v) is 7.85. The quantitative estimate of drug-likeness (QED) is 0.526. The summed E-state index contributed by atoms with van der Waals surface area (Å²) in [5.41, 5.74) is 7.03. The molecule has 1 N–H and O–H groups in total. The zero-order valence-corrected chi connectivity index (χ0v) is 16.3. The lowest BCUT2D eigenvalue weighted by Gasteiger charge is -2.17. The van der Waals surface area contributed by atoms with Crippen molar-refractivity contribution < 1.29 is 4.98 Å². The summed E-state index contributed by atoms with van der Waals surface area (Å²) >= 11 is 1.52. The summed E-state index contributed by atoms with van der Waals surface area (Å²) in [4.78, 5) is 25.4. The molecule has 0 radical (unpaired) electrons. The van der Waals surface area contributed by atoms with Crippen LogP contribution in [0.25, 0.3) is 33.0 Å². The first kappa shape index (κ1) is 17.0. The van der Waals surface area contributed by atoms with Crippen LogP contribution in [-0.2, 0) is 13.0 Å². The largest absolute Gasteiger partial charge is 0.307 e. The highest BCUT2D eigenvalue weighted by molar-refractivity contribution is 7.13. The summed E-state index contributed by atoms with van der Waals surface area (Å²) < 4.78 is 1.93. The van der Waals surface area contributed by atoms with E-state index in [1.165, 1.54) is 16.9 Å². The first-order valence-electron chi connectivity index (χ1n) is 9.32. The van der Waals surface area contributed by atoms with Crippen LogP contribution in [0.2, 0.25) is 0 Å². The molecule has 0 saturated carbocycles. The molecule has 0 fully saturated rings. The molecule has 1 aliphatic rings. The second-order valence-electron chi connectivity index (χ2n) is 6.99. The number of hydrogen-bond acceptors (Lipinski definition) is 4. The number of aryl methyl sites for hydroxylation is 2. The minimum Gasteiger partial charge on any atom is -0.307 e. The summed E-state index contributed by atoms with van der Waals surface area (Å²) in [5.74, 6) is 0. The summed E-state index contributed by atoms with van der Waals surface area (Å²) in [7, 11) is 0. The van der Waals surface area contributed by atoms with Crippen LogP contribution in [0.3, 0.4) is 0 Å². The van der Waals surface area contributed by atoms with Crippen molar-refractivity contribution in [2.75, 3.05) is 0 Å². The van der Waals surface area contributed by atoms with Crippen molar-refractivity contribution >= 4 is 11.3 Å². The molecular formula is C22H19N4OS+. The lowest BCUT2D eigenvalue weighted by atomic mass is 9.96. The van der Waals surface area contributed by atoms with Gasteiger partial charge >= 0.3 is 0 Å². The Morgan fingerprint density at radius 3 is 2.79 bits per heavy atom. The fraction of sp³-hybridized carbons (Fsp3) is 0.182. The van der Waals surface area contributed by atoms with Crippen molar-refractivity contribution in [3.8, 4) is 33.0 Å². The van der Waals surface area contributed by atoms with Gasteiger partial charge in [-0.1, -0.05) is 0 Å². The average Bonchev–Trinajstić information content (AvgIpc) is 3.06. The third kappa shape index (κ3) is 2.77. The number of rotatable bonds is 2. The Morgan fingerprint density at radius 1 is 1.14 bits per heavy atom. The standard InChI is InChI=1S/C22H18N4OS/c1-14-13-28-21(25-14)18-11-17(16-4-7-23-8-5-16)20-19-12-24-9-6-15(19)3-2-10-26(20)22(18)27/h4-9,11-13H,2-3,10H2,1H3/p+1. The van der Waals surface area contributed by atoms with Gasteiger partial charge in [0.05, 0.1) is 16.8 Å². The van der Waals surface area contributed by atoms with Gasteiger partial charge in [0.2, 0.25) is 0 Å². The van der Waals surface area contributed by atoms with Gasteiger partial charge in [-0.2, -0.15) is 0 Å². The minimum atomic E-state index is 0.0267. The fourth-order valence-corrected chi connectivity index (χ4v) is 4.69. The molecule has 4 aromatic rings. The van der Waals surface area contributed by atoms with Gasteiger partial charge in [-0.25, -0.2) is 9.97 Å². The number of aromatic amines is 1. The average molecular weight is 387 g/mol. The normalized spacial score (nSPS) is 12.9. The molecule has 4 aromatic heterocycles. The van der Waals surface area contributed by atoms with E-state index >= 15 is 0 Å². The van der Waals surface area contributed by atoms with Crippen molar-refractivity contribution in [3.05, 3.63) is 76.0 Å². The number of hydrogen-bond donors (Lipinski definition) is 0. The van der Waals surface area contributed by atoms with E-state index in [0.29, 0.717) is 12.1 Å². The predicted octanol–water partition coefficient (Wildman–Crippen LogP) is 3.77. The van der Waals surface area contributed by atoms with Gasteiger partial charge in [0, 0.05) is 41.6 Å². The van der Waals surface area contributed by atoms with E-state index in [0.717, 1.165) is 45.9 Å². The van der Waals surface area contributed by atoms with Gasteiger partial charge in [-0.15, -0.1) is 11.3 Å². The predicted molar refractivity (Wildman–Crippen MR) is 110 cm³/mol. The maximum Gasteiger partial charge on any atom is 0.261 e. The minimum absolute atomic E-state index is 0.0267. The number of thiazole rings is 1. The van der Waals surface area contributed by atoms with E-state index in [-0.39, 0.29) is 5.56 Å². The highest BCUT2D eigenvalue weighted by Gasteiger charge is 2.24. The van der Waals surface area contributed by atoms with E-state index in [1.54, 1.807) is 12.4 Å². The Morgan fingerprint density at radius 2 is 2.00 bits per heavy atom. The van der Waals surface area contributed by atoms with Crippen LogP contribution in [0.4, 0.5) is 0 Å². The topological polar surface area (TPSA) is 61.9 Å². The molecule has 138 valence electrons. The van der Waals surface area contributed by atoms with E-state index in [4.69, 9.17) is 0 Å². The van der Waals surface area contributed by atoms with Crippen molar-refractivity contribution in [2.24, 2.45) is 0 Å². The third-order valence-electron chi connectivity index (χ3n) is 5.17. The van der Waals surface area contributed by atoms with Crippen LogP contribution in [0.15, 0.2) is 59.2 Å². The Balaban J connectivity index is 1.89. The molecule has 0 saturated heterocycles. The molecule has 6 heteroatoms. The van der Waals surface area contributed by atoms with E-state index in [2.05, 4.69) is 21.0 Å². The smallest absolute Gasteiger partial charge is 0.261 e. The van der Waals surface area contributed by atoms with Crippen molar-refractivity contribution in [3.63, 3.8) is 0 Å². The molecule has 5 nitrogen and oxygen atoms in total. The molecule has 0 unspecified atom stereocenters. The van der Waals surface area contributed by atoms with Crippen LogP contribution < -0.4 is 10.5 Å². The van der Waals surface area contributed by atoms with Crippen LogP contribution >= 0.6 is 11.3 Å². The Labute approximate surface area is 166 Å². The highest BCUT2D eigenvalue weighted by Crippen LogP contribution is 2.37. The van der Waals surface area contributed by atoms with Gasteiger partial charge in [0.15, 0.2) is 12.4 Å². The van der Waals surface area contributed by atoms with E-state index in [9.17, 15) is 4.79 Å². The maximum atomic E-state index is 13.5. The van der Waals surface area contributed by atoms with Crippen LogP contribution in [0.1, 0.15) is 17.7 Å². The fourth-order valence-electron chi connectivity index (χ4n) is 3.88. The van der Waals surface area contributed by atoms with Gasteiger partial charge in [0.25, 0.3) is 5.56 Å². The lowest BCUT2D eigenvalue weighted by molar-refractivity contribution is -0.377. The van der Waals surface area contributed by atoms with Crippen molar-refractivity contribution in [1.29, 1.82) is 0 Å². The van der Waals surface area contributed by atoms with E-state index in [1.807, 2.05) is 47.5 Å². The maximum absolute atomic E-state index is 13.5. The highest BCUT2D eigenvalue weighted by atomic mass is 32.1. The summed E-state index contributed by atoms with van der Waals surface area (Å²) in [5, 5.41) is 2.76. The molecule has 0 atom stereocenters. The first-order chi connectivity index (χ1) is 13.7. The molecule has 0 bridgehead atoms. The molecule has 5 heterocycles. The molecule has 0 aliphatic carbocycles. The van der Waals surface area contributed by atoms with Gasteiger partial charge in [-0.3, -0.25) is 9.78 Å². The third-order valence-corrected chi connectivity index (χ3v) is 6.16. The SMILES string of the molecule is Cc1csc(-c2cc(-c3ccncc3)c3n(c2=O)CCCc2cc[nH+]cc2-3)n1. The first-order valence-corrected chi connectivity index (χ1v) is 10.2. The molecular weight excluding hydrogens is 368 g/mol. The number of fused-ring (bicyclic) bond motifs is 3. The number of pyridine rings is 3. The van der Waals surface area contributed by atoms with Gasteiger partial charge in [-0.05, 0) is 49.1 Å². The molecule has 0 aromatic carbocycles. The van der Waals surface area contributed by atoms with Gasteiger partial charge in [0.1, 0.15) is 5.01 Å². The summed E-state index contributed by atoms with van der Waals surface area (Å²) in [6, 6.07) is 8.11. The monoisotopic (exact) mass is 387 g/mol. The van der Waals surface area contributed by atoms with Crippen LogP contribution in [-0.4, -0.2) is 14.5 Å².